The average molecular weight is 643 g/mol. The van der Waals surface area contributed by atoms with Crippen LogP contribution in [0.2, 0.25) is 0 Å². The normalized spacial score (nSPS) is 14.0. The van der Waals surface area contributed by atoms with Crippen LogP contribution in [0.5, 0.6) is 6.01 Å². The molecule has 4 aromatic heterocycles. The number of hydrogen-bond acceptors (Lipinski definition) is 8. The first-order chi connectivity index (χ1) is 22.5. The van der Waals surface area contributed by atoms with Crippen molar-refractivity contribution in [3.8, 4) is 28.4 Å². The maximum atomic E-state index is 10.6. The van der Waals surface area contributed by atoms with Gasteiger partial charge in [-0.25, -0.2) is 9.78 Å². The molecule has 0 amide bonds. The van der Waals surface area contributed by atoms with Crippen molar-refractivity contribution in [1.82, 2.24) is 24.6 Å². The van der Waals surface area contributed by atoms with Gasteiger partial charge in [0.05, 0.1) is 30.1 Å². The summed E-state index contributed by atoms with van der Waals surface area (Å²) in [6.45, 7) is 0.692. The molecule has 0 unspecified atom stereocenters. The van der Waals surface area contributed by atoms with Crippen molar-refractivity contribution in [2.45, 2.75) is 44.2 Å². The van der Waals surface area contributed by atoms with E-state index >= 15 is 0 Å². The molecule has 0 bridgehead atoms. The van der Waals surface area contributed by atoms with Crippen LogP contribution in [-0.2, 0) is 28.3 Å². The lowest BCUT2D eigenvalue weighted by Gasteiger charge is -2.38. The lowest BCUT2D eigenvalue weighted by molar-refractivity contribution is -0.192. The Labute approximate surface area is 266 Å². The molecule has 1 saturated carbocycles. The molecule has 0 spiro atoms. The molecule has 47 heavy (non-hydrogen) atoms. The molecule has 0 radical (unpaired) electrons. The SMILES string of the molecule is NC1(c2ccc(-c3nc4ccnc(COCc5ccn6c(O)nnc6c5)c4cc3-c3ccccc3)cc2)CCC1.O=C(O)C(F)(F)F. The molecular formula is C34H29F3N6O4. The van der Waals surface area contributed by atoms with E-state index in [9.17, 15) is 18.3 Å². The van der Waals surface area contributed by atoms with E-state index < -0.39 is 12.1 Å². The highest BCUT2D eigenvalue weighted by Gasteiger charge is 2.38. The first kappa shape index (κ1) is 31.6. The molecule has 0 saturated heterocycles. The predicted octanol–water partition coefficient (Wildman–Crippen LogP) is 6.40. The molecular weight excluding hydrogens is 613 g/mol. The molecule has 240 valence electrons. The number of alkyl halides is 3. The van der Waals surface area contributed by atoms with Crippen LogP contribution >= 0.6 is 0 Å². The van der Waals surface area contributed by atoms with Crippen LogP contribution in [0.25, 0.3) is 38.9 Å². The third-order valence-corrected chi connectivity index (χ3v) is 8.10. The van der Waals surface area contributed by atoms with Gasteiger partial charge in [0.15, 0.2) is 5.65 Å². The number of halogens is 3. The van der Waals surface area contributed by atoms with Crippen molar-refractivity contribution in [3.05, 3.63) is 108 Å². The molecule has 10 nitrogen and oxygen atoms in total. The van der Waals surface area contributed by atoms with Crippen molar-refractivity contribution in [1.29, 1.82) is 0 Å². The number of nitrogens with zero attached hydrogens (tertiary/aromatic N) is 5. The van der Waals surface area contributed by atoms with Gasteiger partial charge in [-0.2, -0.15) is 13.2 Å². The van der Waals surface area contributed by atoms with E-state index in [0.29, 0.717) is 18.9 Å². The van der Waals surface area contributed by atoms with E-state index in [1.165, 1.54) is 16.4 Å². The number of carboxylic acids is 1. The van der Waals surface area contributed by atoms with Gasteiger partial charge >= 0.3 is 18.2 Å². The second-order valence-electron chi connectivity index (χ2n) is 11.2. The van der Waals surface area contributed by atoms with E-state index in [4.69, 9.17) is 25.4 Å². The first-order valence-electron chi connectivity index (χ1n) is 14.7. The summed E-state index contributed by atoms with van der Waals surface area (Å²) in [5, 5.41) is 25.4. The summed E-state index contributed by atoms with van der Waals surface area (Å²) in [7, 11) is 0. The third-order valence-electron chi connectivity index (χ3n) is 8.10. The lowest BCUT2D eigenvalue weighted by atomic mass is 9.72. The maximum Gasteiger partial charge on any atom is 0.490 e. The van der Waals surface area contributed by atoms with Crippen LogP contribution in [0, 0.1) is 0 Å². The van der Waals surface area contributed by atoms with Crippen molar-refractivity contribution in [3.63, 3.8) is 0 Å². The fraction of sp³-hybridized carbons (Fsp3) is 0.206. The lowest BCUT2D eigenvalue weighted by Crippen LogP contribution is -2.43. The summed E-state index contributed by atoms with van der Waals surface area (Å²) in [6.07, 6.45) is 1.68. The average Bonchev–Trinajstić information content (AvgIpc) is 3.43. The largest absolute Gasteiger partial charge is 0.490 e. The van der Waals surface area contributed by atoms with Crippen LogP contribution < -0.4 is 5.73 Å². The number of aromatic hydroxyl groups is 1. The quantitative estimate of drug-likeness (QED) is 0.180. The zero-order valence-corrected chi connectivity index (χ0v) is 24.9. The number of carbonyl (C=O) groups is 1. The molecule has 1 fully saturated rings. The molecule has 0 atom stereocenters. The second-order valence-corrected chi connectivity index (χ2v) is 11.2. The molecule has 4 N–H and O–H groups in total. The Morgan fingerprint density at radius 2 is 1.68 bits per heavy atom. The summed E-state index contributed by atoms with van der Waals surface area (Å²) in [5.41, 5.74) is 14.8. The van der Waals surface area contributed by atoms with Crippen LogP contribution in [0.3, 0.4) is 0 Å². The highest BCUT2D eigenvalue weighted by molar-refractivity contribution is 5.92. The fourth-order valence-corrected chi connectivity index (χ4v) is 5.41. The number of pyridine rings is 3. The summed E-state index contributed by atoms with van der Waals surface area (Å²) in [4.78, 5) is 18.7. The zero-order valence-electron chi connectivity index (χ0n) is 24.9. The Balaban J connectivity index is 0.000000499. The minimum absolute atomic E-state index is 0.138. The zero-order chi connectivity index (χ0) is 33.2. The second kappa shape index (κ2) is 12.8. The van der Waals surface area contributed by atoms with E-state index in [-0.39, 0.29) is 11.5 Å². The Kier molecular flexibility index (Phi) is 8.58. The van der Waals surface area contributed by atoms with E-state index in [1.54, 1.807) is 12.4 Å². The number of fused-ring (bicyclic) bond motifs is 2. The van der Waals surface area contributed by atoms with Gasteiger partial charge < -0.3 is 20.7 Å². The third kappa shape index (κ3) is 6.76. The molecule has 4 heterocycles. The van der Waals surface area contributed by atoms with Crippen molar-refractivity contribution in [2.75, 3.05) is 0 Å². The Hall–Kier alpha value is -5.40. The summed E-state index contributed by atoms with van der Waals surface area (Å²) < 4.78 is 39.3. The highest BCUT2D eigenvalue weighted by atomic mass is 19.4. The minimum Gasteiger partial charge on any atom is -0.479 e. The van der Waals surface area contributed by atoms with Crippen molar-refractivity contribution in [2.24, 2.45) is 5.73 Å². The number of carboxylic acid groups (broad SMARTS) is 1. The first-order valence-corrected chi connectivity index (χ1v) is 14.7. The van der Waals surface area contributed by atoms with Crippen LogP contribution in [0.1, 0.15) is 36.1 Å². The van der Waals surface area contributed by atoms with Crippen LogP contribution in [0.15, 0.2) is 91.3 Å². The van der Waals surface area contributed by atoms with Gasteiger partial charge in [0.2, 0.25) is 0 Å². The number of nitrogens with two attached hydrogens (primary N) is 1. The minimum atomic E-state index is -5.08. The molecule has 13 heteroatoms. The topological polar surface area (TPSA) is 149 Å². The van der Waals surface area contributed by atoms with E-state index in [1.807, 2.05) is 36.4 Å². The van der Waals surface area contributed by atoms with Crippen molar-refractivity contribution >= 4 is 22.5 Å². The van der Waals surface area contributed by atoms with Crippen molar-refractivity contribution < 1.29 is 32.9 Å². The van der Waals surface area contributed by atoms with Gasteiger partial charge in [0, 0.05) is 34.4 Å². The Morgan fingerprint density at radius 1 is 0.957 bits per heavy atom. The van der Waals surface area contributed by atoms with Gasteiger partial charge in [-0.05, 0) is 60.2 Å². The fourth-order valence-electron chi connectivity index (χ4n) is 5.41. The number of ether oxygens (including phenoxy) is 1. The number of benzene rings is 2. The molecule has 1 aliphatic carbocycles. The van der Waals surface area contributed by atoms with E-state index in [0.717, 1.165) is 57.4 Å². The van der Waals surface area contributed by atoms with Gasteiger partial charge in [-0.3, -0.25) is 9.38 Å². The molecule has 7 rings (SSSR count). The van der Waals surface area contributed by atoms with Gasteiger partial charge in [-0.15, -0.1) is 5.10 Å². The Morgan fingerprint density at radius 3 is 2.34 bits per heavy atom. The van der Waals surface area contributed by atoms with Crippen LogP contribution in [0.4, 0.5) is 13.2 Å². The smallest absolute Gasteiger partial charge is 0.479 e. The molecule has 0 aliphatic heterocycles. The van der Waals surface area contributed by atoms with Gasteiger partial charge in [-0.1, -0.05) is 59.7 Å². The highest BCUT2D eigenvalue weighted by Crippen LogP contribution is 2.40. The molecule has 1 aliphatic rings. The molecule has 2 aromatic carbocycles. The summed E-state index contributed by atoms with van der Waals surface area (Å²) in [5.74, 6) is -2.76. The van der Waals surface area contributed by atoms with Crippen LogP contribution in [-0.4, -0.2) is 46.9 Å². The van der Waals surface area contributed by atoms with Gasteiger partial charge in [0.1, 0.15) is 0 Å². The number of hydrogen-bond donors (Lipinski definition) is 3. The standard InChI is InChI=1S/C32H28N6O2.C2HF3O2/c33-32(13-4-14-32)24-9-7-23(8-10-24)30-25(22-5-2-1-3-6-22)18-26-27(35-30)11-15-34-28(26)20-40-19-21-12-16-38-29(17-21)36-37-31(38)39;3-2(4,5)1(6)7/h1-3,5-12,15-18H,4,13-14,19-20,33H2,(H,37,39);(H,6,7). The molecule has 6 aromatic rings. The predicted molar refractivity (Wildman–Crippen MR) is 167 cm³/mol. The number of rotatable bonds is 7. The monoisotopic (exact) mass is 642 g/mol. The van der Waals surface area contributed by atoms with Gasteiger partial charge in [0.25, 0.3) is 0 Å². The summed E-state index contributed by atoms with van der Waals surface area (Å²) >= 11 is 0. The number of aliphatic carboxylic acids is 1. The summed E-state index contributed by atoms with van der Waals surface area (Å²) in [6, 6.07) is 26.6. The number of aromatic nitrogens is 5. The maximum absolute atomic E-state index is 10.6. The van der Waals surface area contributed by atoms with E-state index in [2.05, 4.69) is 57.6 Å². The Bertz CT molecular complexity index is 2050.